The second-order valence-corrected chi connectivity index (χ2v) is 8.75. The van der Waals surface area contributed by atoms with Crippen LogP contribution in [0.4, 0.5) is 5.69 Å². The number of hydrogen-bond acceptors (Lipinski definition) is 5. The van der Waals surface area contributed by atoms with E-state index in [1.807, 2.05) is 23.1 Å². The first-order valence-electron chi connectivity index (χ1n) is 9.61. The Morgan fingerprint density at radius 1 is 1.18 bits per heavy atom. The largest absolute Gasteiger partial charge is 0.486 e. The van der Waals surface area contributed by atoms with E-state index in [0.29, 0.717) is 31.9 Å². The molecule has 1 aromatic heterocycles. The Hall–Kier alpha value is -1.76. The van der Waals surface area contributed by atoms with Crippen LogP contribution in [0.5, 0.6) is 11.5 Å². The maximum Gasteiger partial charge on any atom is 0.227 e. The van der Waals surface area contributed by atoms with Gasteiger partial charge in [0.05, 0.1) is 6.54 Å². The number of ether oxygens (including phenoxy) is 2. The fourth-order valence-corrected chi connectivity index (χ4v) is 4.78. The second kappa shape index (κ2) is 9.16. The predicted octanol–water partition coefficient (Wildman–Crippen LogP) is 4.30. The van der Waals surface area contributed by atoms with Crippen molar-refractivity contribution in [1.82, 2.24) is 0 Å². The molecule has 1 amide bonds. The zero-order chi connectivity index (χ0) is 18.8. The summed E-state index contributed by atoms with van der Waals surface area (Å²) in [6.07, 6.45) is 3.68. The van der Waals surface area contributed by atoms with Gasteiger partial charge in [-0.05, 0) is 49.9 Å². The molecule has 1 aromatic carbocycles. The lowest BCUT2D eigenvalue weighted by molar-refractivity contribution is -0.119. The first-order valence-corrected chi connectivity index (χ1v) is 10.4. The molecule has 2 atom stereocenters. The van der Waals surface area contributed by atoms with E-state index in [2.05, 4.69) is 19.1 Å². The molecule has 0 bridgehead atoms. The molecular weight excluding hydrogens is 396 g/mol. The predicted molar refractivity (Wildman–Crippen MR) is 115 cm³/mol. The van der Waals surface area contributed by atoms with Gasteiger partial charge in [0.15, 0.2) is 11.5 Å². The van der Waals surface area contributed by atoms with Crippen LogP contribution in [0.3, 0.4) is 0 Å². The topological polar surface area (TPSA) is 64.8 Å². The van der Waals surface area contributed by atoms with E-state index >= 15 is 0 Å². The number of hydrogen-bond donors (Lipinski definition) is 1. The Kier molecular flexibility index (Phi) is 6.86. The Balaban J connectivity index is 0.00000225. The van der Waals surface area contributed by atoms with E-state index in [0.717, 1.165) is 30.7 Å². The van der Waals surface area contributed by atoms with Gasteiger partial charge in [0.1, 0.15) is 13.2 Å². The highest BCUT2D eigenvalue weighted by Crippen LogP contribution is 2.36. The Bertz CT molecular complexity index is 826. The Labute approximate surface area is 176 Å². The van der Waals surface area contributed by atoms with E-state index in [-0.39, 0.29) is 30.3 Å². The molecule has 7 heteroatoms. The first kappa shape index (κ1) is 21.0. The fourth-order valence-electron chi connectivity index (χ4n) is 3.90. The van der Waals surface area contributed by atoms with Crippen molar-refractivity contribution >= 4 is 35.3 Å². The molecule has 2 aromatic rings. The van der Waals surface area contributed by atoms with Crippen molar-refractivity contribution < 1.29 is 14.3 Å². The van der Waals surface area contributed by atoms with Gasteiger partial charge in [0, 0.05) is 34.0 Å². The number of amides is 1. The van der Waals surface area contributed by atoms with Gasteiger partial charge < -0.3 is 20.1 Å². The molecule has 0 spiro atoms. The van der Waals surface area contributed by atoms with E-state index in [1.165, 1.54) is 9.75 Å². The molecule has 2 heterocycles. The number of nitrogens with two attached hydrogens (primary N) is 1. The number of nitrogens with zero attached hydrogens (tertiary/aromatic N) is 1. The summed E-state index contributed by atoms with van der Waals surface area (Å²) in [5.41, 5.74) is 7.06. The van der Waals surface area contributed by atoms with Crippen molar-refractivity contribution in [2.24, 2.45) is 11.7 Å². The monoisotopic (exact) mass is 422 g/mol. The third-order valence-electron chi connectivity index (χ3n) is 5.40. The van der Waals surface area contributed by atoms with Crippen LogP contribution in [0.1, 0.15) is 35.4 Å². The second-order valence-electron chi connectivity index (χ2n) is 7.38. The summed E-state index contributed by atoms with van der Waals surface area (Å²) >= 11 is 1.73. The standard InChI is InChI=1S/C21H26N2O3S.ClH/c1-14-5-7-17(27-14)13-23(21(24)11-15-3-2-4-18(15)22)16-6-8-19-20(12-16)26-10-9-25-19;/h5-8,12,15,18H,2-4,9-11,13,22H2,1H3;1H/t15-,18+;/m0./s1. The molecule has 152 valence electrons. The van der Waals surface area contributed by atoms with Gasteiger partial charge in [-0.1, -0.05) is 6.42 Å². The Morgan fingerprint density at radius 2 is 1.96 bits per heavy atom. The molecule has 28 heavy (non-hydrogen) atoms. The number of aryl methyl sites for hydroxylation is 1. The van der Waals surface area contributed by atoms with Crippen LogP contribution in [0.15, 0.2) is 30.3 Å². The summed E-state index contributed by atoms with van der Waals surface area (Å²) in [4.78, 5) is 17.5. The molecule has 2 N–H and O–H groups in total. The van der Waals surface area contributed by atoms with E-state index in [9.17, 15) is 4.79 Å². The summed E-state index contributed by atoms with van der Waals surface area (Å²) in [5.74, 6) is 1.85. The lowest BCUT2D eigenvalue weighted by Crippen LogP contribution is -2.35. The van der Waals surface area contributed by atoms with Crippen LogP contribution >= 0.6 is 23.7 Å². The Morgan fingerprint density at radius 3 is 2.64 bits per heavy atom. The number of carbonyl (C=O) groups is 1. The highest BCUT2D eigenvalue weighted by molar-refractivity contribution is 7.11. The smallest absolute Gasteiger partial charge is 0.227 e. The number of rotatable bonds is 5. The molecule has 0 saturated heterocycles. The zero-order valence-electron chi connectivity index (χ0n) is 16.1. The van der Waals surface area contributed by atoms with Gasteiger partial charge in [-0.15, -0.1) is 23.7 Å². The van der Waals surface area contributed by atoms with Crippen LogP contribution in [0, 0.1) is 12.8 Å². The van der Waals surface area contributed by atoms with Crippen molar-refractivity contribution in [2.75, 3.05) is 18.1 Å². The summed E-state index contributed by atoms with van der Waals surface area (Å²) in [7, 11) is 0. The molecule has 0 unspecified atom stereocenters. The highest BCUT2D eigenvalue weighted by atomic mass is 35.5. The molecule has 0 radical (unpaired) electrons. The van der Waals surface area contributed by atoms with Gasteiger partial charge in [-0.25, -0.2) is 0 Å². The third kappa shape index (κ3) is 4.62. The SMILES string of the molecule is Cc1ccc(CN(C(=O)C[C@@H]2CCC[C@H]2N)c2ccc3c(c2)OCCO3)s1.Cl. The minimum absolute atomic E-state index is 0. The molecule has 1 fully saturated rings. The van der Waals surface area contributed by atoms with E-state index in [1.54, 1.807) is 11.3 Å². The van der Waals surface area contributed by atoms with Crippen molar-refractivity contribution in [1.29, 1.82) is 0 Å². The zero-order valence-corrected chi connectivity index (χ0v) is 17.7. The average molecular weight is 423 g/mol. The van der Waals surface area contributed by atoms with Crippen molar-refractivity contribution in [2.45, 2.75) is 45.2 Å². The highest BCUT2D eigenvalue weighted by Gasteiger charge is 2.29. The molecule has 1 saturated carbocycles. The minimum atomic E-state index is 0. The van der Waals surface area contributed by atoms with E-state index in [4.69, 9.17) is 15.2 Å². The van der Waals surface area contributed by atoms with Crippen molar-refractivity contribution in [3.63, 3.8) is 0 Å². The van der Waals surface area contributed by atoms with Gasteiger partial charge >= 0.3 is 0 Å². The summed E-state index contributed by atoms with van der Waals surface area (Å²) in [6, 6.07) is 10.1. The van der Waals surface area contributed by atoms with Crippen LogP contribution in [-0.2, 0) is 11.3 Å². The summed E-state index contributed by atoms with van der Waals surface area (Å²) in [6.45, 7) is 3.75. The lowest BCUT2D eigenvalue weighted by atomic mass is 9.99. The maximum atomic E-state index is 13.2. The van der Waals surface area contributed by atoms with Crippen LogP contribution in [-0.4, -0.2) is 25.2 Å². The summed E-state index contributed by atoms with van der Waals surface area (Å²) in [5, 5.41) is 0. The van der Waals surface area contributed by atoms with Crippen LogP contribution in [0.25, 0.3) is 0 Å². The van der Waals surface area contributed by atoms with Gasteiger partial charge in [-0.2, -0.15) is 0 Å². The quantitative estimate of drug-likeness (QED) is 0.780. The molecule has 5 nitrogen and oxygen atoms in total. The van der Waals surface area contributed by atoms with Crippen LogP contribution in [0.2, 0.25) is 0 Å². The van der Waals surface area contributed by atoms with Crippen LogP contribution < -0.4 is 20.1 Å². The molecule has 1 aliphatic heterocycles. The van der Waals surface area contributed by atoms with Gasteiger partial charge in [0.25, 0.3) is 0 Å². The molecule has 1 aliphatic carbocycles. The number of carbonyl (C=O) groups excluding carboxylic acids is 1. The van der Waals surface area contributed by atoms with Crippen molar-refractivity contribution in [3.8, 4) is 11.5 Å². The third-order valence-corrected chi connectivity index (χ3v) is 6.39. The molecule has 2 aliphatic rings. The minimum Gasteiger partial charge on any atom is -0.486 e. The first-order chi connectivity index (χ1) is 13.1. The average Bonchev–Trinajstić information content (AvgIpc) is 3.27. The number of anilines is 1. The summed E-state index contributed by atoms with van der Waals surface area (Å²) < 4.78 is 11.3. The molecular formula is C21H27ClN2O3S. The number of benzene rings is 1. The number of fused-ring (bicyclic) bond motifs is 1. The molecule has 4 rings (SSSR count). The lowest BCUT2D eigenvalue weighted by Gasteiger charge is -2.27. The van der Waals surface area contributed by atoms with Gasteiger partial charge in [0.2, 0.25) is 5.91 Å². The fraction of sp³-hybridized carbons (Fsp3) is 0.476. The normalized spacial score (nSPS) is 20.5. The van der Waals surface area contributed by atoms with E-state index < -0.39 is 0 Å². The van der Waals surface area contributed by atoms with Crippen molar-refractivity contribution in [3.05, 3.63) is 40.1 Å². The number of halogens is 1. The maximum absolute atomic E-state index is 13.2. The van der Waals surface area contributed by atoms with Gasteiger partial charge in [-0.3, -0.25) is 4.79 Å². The number of thiophene rings is 1.